The minimum atomic E-state index is -2.63. The molecular weight excluding hydrogens is 565 g/mol. The van der Waals surface area contributed by atoms with Crippen LogP contribution in [0.3, 0.4) is 0 Å². The van der Waals surface area contributed by atoms with Crippen molar-refractivity contribution >= 4 is 31.4 Å². The largest absolute Gasteiger partial charge is 0.340 e. The van der Waals surface area contributed by atoms with E-state index >= 15 is 0 Å². The van der Waals surface area contributed by atoms with E-state index in [1.54, 1.807) is 0 Å². The maximum atomic E-state index is 5.51. The van der Waals surface area contributed by atoms with Crippen LogP contribution >= 0.6 is 0 Å². The molecule has 0 aliphatic carbocycles. The molecule has 236 valence electrons. The Balaban J connectivity index is 1.90. The molecule has 0 saturated heterocycles. The highest BCUT2D eigenvalue weighted by molar-refractivity contribution is 6.76. The Kier molecular flexibility index (Phi) is 11.2. The van der Waals surface area contributed by atoms with E-state index in [4.69, 9.17) is 9.32 Å². The van der Waals surface area contributed by atoms with Gasteiger partial charge in [0.15, 0.2) is 0 Å². The van der Waals surface area contributed by atoms with Gasteiger partial charge in [-0.15, -0.1) is 0 Å². The zero-order chi connectivity index (χ0) is 32.7. The number of para-hydroxylation sites is 2. The molecule has 4 nitrogen and oxygen atoms in total. The fraction of sp³-hybridized carbons (Fsp3) is 0.350. The third kappa shape index (κ3) is 8.61. The molecule has 0 aromatic heterocycles. The van der Waals surface area contributed by atoms with Crippen molar-refractivity contribution in [3.8, 4) is 0 Å². The summed E-state index contributed by atoms with van der Waals surface area (Å²) in [6.07, 6.45) is 0. The van der Waals surface area contributed by atoms with Gasteiger partial charge >= 0.3 is 8.40 Å². The molecular formula is C40H52N4Si. The highest BCUT2D eigenvalue weighted by atomic mass is 28.3. The minimum absolute atomic E-state index is 0.372. The summed E-state index contributed by atoms with van der Waals surface area (Å²) in [5.74, 6) is 3.22. The first-order valence-electron chi connectivity index (χ1n) is 16.5. The molecule has 0 bridgehead atoms. The quantitative estimate of drug-likeness (QED) is 0.106. The Labute approximate surface area is 273 Å². The molecule has 0 aliphatic rings. The third-order valence-corrected chi connectivity index (χ3v) is 9.64. The van der Waals surface area contributed by atoms with Crippen LogP contribution in [-0.4, -0.2) is 20.1 Å². The van der Waals surface area contributed by atoms with Gasteiger partial charge in [-0.25, -0.2) is 0 Å². The molecule has 2 N–H and O–H groups in total. The summed E-state index contributed by atoms with van der Waals surface area (Å²) in [4.78, 5) is 0. The van der Waals surface area contributed by atoms with Gasteiger partial charge in [-0.05, 0) is 59.0 Å². The van der Waals surface area contributed by atoms with Crippen LogP contribution in [0.15, 0.2) is 106 Å². The van der Waals surface area contributed by atoms with Gasteiger partial charge in [0.1, 0.15) is 11.7 Å². The van der Waals surface area contributed by atoms with E-state index in [9.17, 15) is 0 Å². The van der Waals surface area contributed by atoms with E-state index in [-0.39, 0.29) is 0 Å². The van der Waals surface area contributed by atoms with Crippen molar-refractivity contribution in [2.24, 2.45) is 9.32 Å². The zero-order valence-electron chi connectivity index (χ0n) is 28.9. The number of rotatable bonds is 10. The van der Waals surface area contributed by atoms with Crippen LogP contribution in [0.25, 0.3) is 0 Å². The number of nitrogens with one attached hydrogen (secondary N) is 2. The molecule has 4 aromatic carbocycles. The van der Waals surface area contributed by atoms with Crippen molar-refractivity contribution in [1.29, 1.82) is 0 Å². The summed E-state index contributed by atoms with van der Waals surface area (Å²) in [7, 11) is -2.63. The monoisotopic (exact) mass is 616 g/mol. The topological polar surface area (TPSA) is 48.8 Å². The Morgan fingerprint density at radius 3 is 1.00 bits per heavy atom. The lowest BCUT2D eigenvalue weighted by molar-refractivity contribution is 0.839. The summed E-state index contributed by atoms with van der Waals surface area (Å²) < 4.78 is 11.0. The van der Waals surface area contributed by atoms with Gasteiger partial charge < -0.3 is 10.6 Å². The van der Waals surface area contributed by atoms with Crippen molar-refractivity contribution in [2.45, 2.75) is 92.2 Å². The number of benzene rings is 4. The molecule has 0 fully saturated rings. The third-order valence-electron chi connectivity index (χ3n) is 8.10. The SMILES string of the molecule is CC(C)c1cccc(C(C)C)c1NC(=N[Si](C)(C)N=C(Nc1c(C(C)C)cccc1C(C)C)c1ccccc1)c1ccccc1. The molecule has 0 radical (unpaired) electrons. The van der Waals surface area contributed by atoms with Crippen LogP contribution in [-0.2, 0) is 0 Å². The van der Waals surface area contributed by atoms with Crippen molar-refractivity contribution in [1.82, 2.24) is 0 Å². The van der Waals surface area contributed by atoms with E-state index in [0.717, 1.165) is 34.2 Å². The number of amidine groups is 2. The molecule has 4 aromatic rings. The number of anilines is 2. The zero-order valence-corrected chi connectivity index (χ0v) is 29.9. The Morgan fingerprint density at radius 1 is 0.444 bits per heavy atom. The molecule has 0 aliphatic heterocycles. The average molecular weight is 617 g/mol. The van der Waals surface area contributed by atoms with Gasteiger partial charge in [0.05, 0.1) is 0 Å². The van der Waals surface area contributed by atoms with Gasteiger partial charge in [0.2, 0.25) is 0 Å². The summed E-state index contributed by atoms with van der Waals surface area (Å²) in [6.45, 7) is 22.5. The standard InChI is InChI=1S/C40H52N4Si/c1-27(2)33-23-17-24-34(28(3)4)37(33)41-39(31-19-13-11-14-20-31)43-45(9,10)44-40(32-21-15-12-16-22-32)42-38-35(29(5)6)25-18-26-36(38)30(7)8/h11-30H,1-10H3,(H,41,43)(H,42,44). The first-order chi connectivity index (χ1) is 21.4. The molecule has 0 atom stereocenters. The molecule has 0 amide bonds. The lowest BCUT2D eigenvalue weighted by Gasteiger charge is -2.25. The highest BCUT2D eigenvalue weighted by Gasteiger charge is 2.26. The van der Waals surface area contributed by atoms with Gasteiger partial charge in [0.25, 0.3) is 0 Å². The second-order valence-corrected chi connectivity index (χ2v) is 17.1. The molecule has 45 heavy (non-hydrogen) atoms. The van der Waals surface area contributed by atoms with Crippen molar-refractivity contribution < 1.29 is 0 Å². The van der Waals surface area contributed by atoms with E-state index in [1.165, 1.54) is 22.3 Å². The van der Waals surface area contributed by atoms with E-state index in [2.05, 4.69) is 176 Å². The Morgan fingerprint density at radius 2 is 0.733 bits per heavy atom. The average Bonchev–Trinajstić information content (AvgIpc) is 3.00. The molecule has 4 rings (SSSR count). The van der Waals surface area contributed by atoms with Crippen molar-refractivity contribution in [3.05, 3.63) is 130 Å². The van der Waals surface area contributed by atoms with E-state index in [0.29, 0.717) is 23.7 Å². The van der Waals surface area contributed by atoms with Crippen LogP contribution in [0, 0.1) is 0 Å². The summed E-state index contributed by atoms with van der Waals surface area (Å²) in [6, 6.07) is 34.3. The van der Waals surface area contributed by atoms with Crippen LogP contribution in [0.5, 0.6) is 0 Å². The Hall–Kier alpha value is -3.96. The van der Waals surface area contributed by atoms with Crippen LogP contribution in [0.1, 0.15) is 112 Å². The van der Waals surface area contributed by atoms with E-state index in [1.807, 2.05) is 0 Å². The van der Waals surface area contributed by atoms with Gasteiger partial charge in [-0.2, -0.15) is 0 Å². The fourth-order valence-electron chi connectivity index (χ4n) is 5.72. The van der Waals surface area contributed by atoms with Crippen LogP contribution < -0.4 is 10.6 Å². The smallest absolute Gasteiger partial charge is 0.301 e. The normalized spacial score (nSPS) is 12.8. The first-order valence-corrected chi connectivity index (χ1v) is 19.4. The summed E-state index contributed by atoms with van der Waals surface area (Å²) >= 11 is 0. The number of nitrogens with zero attached hydrogens (tertiary/aromatic N) is 2. The van der Waals surface area contributed by atoms with E-state index < -0.39 is 8.40 Å². The summed E-state index contributed by atoms with van der Waals surface area (Å²) in [5, 5.41) is 7.71. The fourth-order valence-corrected chi connectivity index (χ4v) is 7.24. The predicted octanol–water partition coefficient (Wildman–Crippen LogP) is 11.3. The van der Waals surface area contributed by atoms with Gasteiger partial charge in [-0.3, -0.25) is 9.32 Å². The summed E-state index contributed by atoms with van der Waals surface area (Å²) in [5.41, 5.74) is 9.63. The predicted molar refractivity (Wildman–Crippen MR) is 200 cm³/mol. The van der Waals surface area contributed by atoms with Crippen LogP contribution in [0.4, 0.5) is 11.4 Å². The molecule has 0 saturated carbocycles. The van der Waals surface area contributed by atoms with Gasteiger partial charge in [0, 0.05) is 22.5 Å². The minimum Gasteiger partial charge on any atom is -0.340 e. The second-order valence-electron chi connectivity index (χ2n) is 13.6. The lowest BCUT2D eigenvalue weighted by Crippen LogP contribution is -2.31. The molecule has 0 unspecified atom stereocenters. The molecule has 0 heterocycles. The molecule has 5 heteroatoms. The molecule has 0 spiro atoms. The first kappa shape index (κ1) is 33.9. The number of hydrogen-bond donors (Lipinski definition) is 2. The Bertz CT molecular complexity index is 1440. The maximum absolute atomic E-state index is 5.51. The second kappa shape index (κ2) is 14.9. The van der Waals surface area contributed by atoms with Crippen molar-refractivity contribution in [3.63, 3.8) is 0 Å². The van der Waals surface area contributed by atoms with Crippen LogP contribution in [0.2, 0.25) is 13.1 Å². The van der Waals surface area contributed by atoms with Crippen molar-refractivity contribution in [2.75, 3.05) is 10.6 Å². The maximum Gasteiger partial charge on any atom is 0.301 e. The highest BCUT2D eigenvalue weighted by Crippen LogP contribution is 2.34. The van der Waals surface area contributed by atoms with Gasteiger partial charge in [-0.1, -0.05) is 152 Å². The number of hydrogen-bond acceptors (Lipinski definition) is 2. The lowest BCUT2D eigenvalue weighted by atomic mass is 9.92.